The lowest BCUT2D eigenvalue weighted by Crippen LogP contribution is -2.28. The van der Waals surface area contributed by atoms with Crippen LogP contribution in [0.4, 0.5) is 11.8 Å². The van der Waals surface area contributed by atoms with Gasteiger partial charge in [-0.15, -0.1) is 11.3 Å². The molecule has 0 unspecified atom stereocenters. The van der Waals surface area contributed by atoms with Gasteiger partial charge in [0.05, 0.1) is 5.39 Å². The predicted octanol–water partition coefficient (Wildman–Crippen LogP) is 2.36. The van der Waals surface area contributed by atoms with E-state index in [2.05, 4.69) is 53.8 Å². The van der Waals surface area contributed by atoms with Gasteiger partial charge < -0.3 is 15.5 Å². The Morgan fingerprint density at radius 1 is 1.25 bits per heavy atom. The highest BCUT2D eigenvalue weighted by molar-refractivity contribution is 7.18. The van der Waals surface area contributed by atoms with E-state index in [4.69, 9.17) is 5.73 Å². The van der Waals surface area contributed by atoms with E-state index in [-0.39, 0.29) is 0 Å². The molecule has 0 bridgehead atoms. The minimum Gasteiger partial charge on any atom is -0.368 e. The lowest BCUT2D eigenvalue weighted by Gasteiger charge is -2.23. The molecule has 2 aromatic heterocycles. The third kappa shape index (κ3) is 3.37. The molecule has 0 aromatic carbocycles. The summed E-state index contributed by atoms with van der Waals surface area (Å²) in [5, 5.41) is 1.12. The lowest BCUT2D eigenvalue weighted by atomic mass is 10.3. The zero-order valence-corrected chi connectivity index (χ0v) is 13.5. The maximum atomic E-state index is 5.85. The molecule has 0 aliphatic heterocycles. The van der Waals surface area contributed by atoms with Crippen LogP contribution in [0.5, 0.6) is 0 Å². The summed E-state index contributed by atoms with van der Waals surface area (Å²) in [5.41, 5.74) is 5.85. The van der Waals surface area contributed by atoms with Crippen LogP contribution in [0.25, 0.3) is 10.2 Å². The second kappa shape index (κ2) is 6.37. The van der Waals surface area contributed by atoms with Crippen molar-refractivity contribution in [3.05, 3.63) is 10.9 Å². The van der Waals surface area contributed by atoms with E-state index in [0.29, 0.717) is 5.95 Å². The van der Waals surface area contributed by atoms with Crippen molar-refractivity contribution in [3.8, 4) is 0 Å². The van der Waals surface area contributed by atoms with Crippen molar-refractivity contribution in [3.63, 3.8) is 0 Å². The number of hydrogen-bond donors (Lipinski definition) is 1. The molecule has 0 radical (unpaired) electrons. The molecule has 5 nitrogen and oxygen atoms in total. The molecule has 0 saturated heterocycles. The zero-order valence-electron chi connectivity index (χ0n) is 12.7. The van der Waals surface area contributed by atoms with Gasteiger partial charge in [0.25, 0.3) is 0 Å². The number of aromatic nitrogens is 2. The van der Waals surface area contributed by atoms with Crippen molar-refractivity contribution in [1.29, 1.82) is 0 Å². The lowest BCUT2D eigenvalue weighted by molar-refractivity contribution is 0.400. The van der Waals surface area contributed by atoms with Gasteiger partial charge in [-0.25, -0.2) is 4.98 Å². The standard InChI is InChI=1S/C14H23N5S/c1-5-19(8-6-7-18(3)4)12-11-9-10(2)20-13(11)17-14(15)16-12/h9H,5-8H2,1-4H3,(H2,15,16,17). The summed E-state index contributed by atoms with van der Waals surface area (Å²) in [5.74, 6) is 1.33. The van der Waals surface area contributed by atoms with Crippen LogP contribution in [0.2, 0.25) is 0 Å². The van der Waals surface area contributed by atoms with Gasteiger partial charge in [-0.1, -0.05) is 0 Å². The molecule has 2 aromatic rings. The van der Waals surface area contributed by atoms with Crippen molar-refractivity contribution >= 4 is 33.3 Å². The third-order valence-electron chi connectivity index (χ3n) is 3.23. The second-order valence-corrected chi connectivity index (χ2v) is 6.45. The number of fused-ring (bicyclic) bond motifs is 1. The summed E-state index contributed by atoms with van der Waals surface area (Å²) >= 11 is 1.67. The van der Waals surface area contributed by atoms with Gasteiger partial charge in [0.2, 0.25) is 5.95 Å². The predicted molar refractivity (Wildman–Crippen MR) is 87.6 cm³/mol. The van der Waals surface area contributed by atoms with Crippen LogP contribution in [-0.2, 0) is 0 Å². The molecule has 0 aliphatic carbocycles. The Hall–Kier alpha value is -1.40. The van der Waals surface area contributed by atoms with E-state index in [1.54, 1.807) is 11.3 Å². The fourth-order valence-corrected chi connectivity index (χ4v) is 3.16. The van der Waals surface area contributed by atoms with Crippen molar-refractivity contribution in [2.75, 3.05) is 44.4 Å². The molecule has 20 heavy (non-hydrogen) atoms. The van der Waals surface area contributed by atoms with Gasteiger partial charge in [-0.3, -0.25) is 0 Å². The average molecular weight is 293 g/mol. The van der Waals surface area contributed by atoms with Gasteiger partial charge in [0.15, 0.2) is 0 Å². The molecule has 2 rings (SSSR count). The van der Waals surface area contributed by atoms with Gasteiger partial charge in [-0.2, -0.15) is 4.98 Å². The molecule has 110 valence electrons. The first kappa shape index (κ1) is 15.0. The number of nitrogens with two attached hydrogens (primary N) is 1. The molecule has 2 heterocycles. The highest BCUT2D eigenvalue weighted by Gasteiger charge is 2.14. The summed E-state index contributed by atoms with van der Waals surface area (Å²) in [6.07, 6.45) is 1.11. The van der Waals surface area contributed by atoms with Crippen LogP contribution in [0.15, 0.2) is 6.07 Å². The monoisotopic (exact) mass is 293 g/mol. The summed E-state index contributed by atoms with van der Waals surface area (Å²) in [7, 11) is 4.19. The molecular formula is C14H23N5S. The first-order valence-corrected chi connectivity index (χ1v) is 7.76. The Labute approximate surface area is 124 Å². The first-order chi connectivity index (χ1) is 9.51. The van der Waals surface area contributed by atoms with Crippen LogP contribution in [-0.4, -0.2) is 48.6 Å². The fourth-order valence-electron chi connectivity index (χ4n) is 2.28. The maximum Gasteiger partial charge on any atom is 0.223 e. The number of nitrogens with zero attached hydrogens (tertiary/aromatic N) is 4. The van der Waals surface area contributed by atoms with Gasteiger partial charge in [0.1, 0.15) is 10.6 Å². The first-order valence-electron chi connectivity index (χ1n) is 6.94. The Balaban J connectivity index is 2.28. The fraction of sp³-hybridized carbons (Fsp3) is 0.571. The van der Waals surface area contributed by atoms with Gasteiger partial charge in [0, 0.05) is 18.0 Å². The number of aryl methyl sites for hydroxylation is 1. The smallest absolute Gasteiger partial charge is 0.223 e. The van der Waals surface area contributed by atoms with E-state index in [9.17, 15) is 0 Å². The molecule has 0 fully saturated rings. The van der Waals surface area contributed by atoms with Gasteiger partial charge >= 0.3 is 0 Å². The molecule has 6 heteroatoms. The number of rotatable bonds is 6. The number of hydrogen-bond acceptors (Lipinski definition) is 6. The average Bonchev–Trinajstić information content (AvgIpc) is 2.73. The van der Waals surface area contributed by atoms with E-state index >= 15 is 0 Å². The number of nitrogen functional groups attached to an aromatic ring is 1. The minimum absolute atomic E-state index is 0.361. The summed E-state index contributed by atoms with van der Waals surface area (Å²) < 4.78 is 0. The topological polar surface area (TPSA) is 58.3 Å². The van der Waals surface area contributed by atoms with Crippen molar-refractivity contribution < 1.29 is 0 Å². The number of thiophene rings is 1. The summed E-state index contributed by atoms with van der Waals surface area (Å²) in [6.45, 7) is 7.22. The largest absolute Gasteiger partial charge is 0.368 e. The van der Waals surface area contributed by atoms with Crippen LogP contribution in [0, 0.1) is 6.92 Å². The summed E-state index contributed by atoms with van der Waals surface area (Å²) in [4.78, 5) is 15.5. The van der Waals surface area contributed by atoms with E-state index in [0.717, 1.165) is 42.1 Å². The normalized spacial score (nSPS) is 11.4. The maximum absolute atomic E-state index is 5.85. The molecule has 2 N–H and O–H groups in total. The van der Waals surface area contributed by atoms with Crippen LogP contribution in [0.3, 0.4) is 0 Å². The minimum atomic E-state index is 0.361. The van der Waals surface area contributed by atoms with Crippen LogP contribution < -0.4 is 10.6 Å². The van der Waals surface area contributed by atoms with Crippen molar-refractivity contribution in [2.45, 2.75) is 20.3 Å². The summed E-state index contributed by atoms with van der Waals surface area (Å²) in [6, 6.07) is 2.16. The van der Waals surface area contributed by atoms with E-state index in [1.807, 2.05) is 0 Å². The number of anilines is 2. The molecular weight excluding hydrogens is 270 g/mol. The van der Waals surface area contributed by atoms with Gasteiger partial charge in [-0.05, 0) is 47.0 Å². The zero-order chi connectivity index (χ0) is 14.7. The van der Waals surface area contributed by atoms with E-state index in [1.165, 1.54) is 4.88 Å². The Morgan fingerprint density at radius 3 is 2.65 bits per heavy atom. The third-order valence-corrected chi connectivity index (χ3v) is 4.17. The van der Waals surface area contributed by atoms with Crippen LogP contribution >= 0.6 is 11.3 Å². The van der Waals surface area contributed by atoms with Crippen molar-refractivity contribution in [1.82, 2.24) is 14.9 Å². The Kier molecular flexibility index (Phi) is 4.77. The Bertz CT molecular complexity index is 578. The highest BCUT2D eigenvalue weighted by atomic mass is 32.1. The highest BCUT2D eigenvalue weighted by Crippen LogP contribution is 2.31. The molecule has 0 atom stereocenters. The molecule has 0 saturated carbocycles. The molecule has 0 amide bonds. The molecule has 0 aliphatic rings. The van der Waals surface area contributed by atoms with E-state index < -0.39 is 0 Å². The van der Waals surface area contributed by atoms with Crippen LogP contribution in [0.1, 0.15) is 18.2 Å². The van der Waals surface area contributed by atoms with Crippen molar-refractivity contribution in [2.24, 2.45) is 0 Å². The Morgan fingerprint density at radius 2 is 2.00 bits per heavy atom. The SMILES string of the molecule is CCN(CCCN(C)C)c1nc(N)nc2sc(C)cc12. The quantitative estimate of drug-likeness (QED) is 0.886. The molecule has 0 spiro atoms. The second-order valence-electron chi connectivity index (χ2n) is 5.22.